The van der Waals surface area contributed by atoms with E-state index in [-0.39, 0.29) is 23.2 Å². The van der Waals surface area contributed by atoms with E-state index in [1.165, 1.54) is 17.1 Å². The van der Waals surface area contributed by atoms with Crippen molar-refractivity contribution in [2.45, 2.75) is 6.54 Å². The topological polar surface area (TPSA) is 71.1 Å². The second kappa shape index (κ2) is 6.58. The summed E-state index contributed by atoms with van der Waals surface area (Å²) in [5, 5.41) is 6.49. The minimum Gasteiger partial charge on any atom is -0.354 e. The molecule has 2 aromatic heterocycles. The fourth-order valence-corrected chi connectivity index (χ4v) is 3.20. The Balaban J connectivity index is 1.70. The maximum Gasteiger partial charge on any atom is 0.270 e. The predicted octanol–water partition coefficient (Wildman–Crippen LogP) is 2.59. The molecule has 2 heterocycles. The summed E-state index contributed by atoms with van der Waals surface area (Å²) in [5.41, 5.74) is 0.453. The summed E-state index contributed by atoms with van der Waals surface area (Å²) in [4.78, 5) is 28.9. The van der Waals surface area contributed by atoms with Crippen LogP contribution in [0.1, 0.15) is 25.9 Å². The van der Waals surface area contributed by atoms with Gasteiger partial charge in [0.25, 0.3) is 11.8 Å². The Kier molecular flexibility index (Phi) is 4.34. The van der Waals surface area contributed by atoms with Crippen LogP contribution in [-0.4, -0.2) is 23.8 Å². The second-order valence-electron chi connectivity index (χ2n) is 4.92. The Morgan fingerprint density at radius 3 is 2.52 bits per heavy atom. The molecule has 2 amide bonds. The van der Waals surface area contributed by atoms with Crippen LogP contribution in [0.3, 0.4) is 0 Å². The molecule has 0 aliphatic carbocycles. The van der Waals surface area contributed by atoms with Gasteiger partial charge < -0.3 is 10.6 Å². The third kappa shape index (κ3) is 3.37. The van der Waals surface area contributed by atoms with Crippen LogP contribution in [0.15, 0.2) is 48.5 Å². The number of fused-ring (bicyclic) bond motifs is 1. The highest BCUT2D eigenvalue weighted by Crippen LogP contribution is 2.25. The van der Waals surface area contributed by atoms with Gasteiger partial charge in [-0.2, -0.15) is 0 Å². The van der Waals surface area contributed by atoms with Crippen LogP contribution < -0.4 is 10.6 Å². The number of thiophene rings is 1. The van der Waals surface area contributed by atoms with Gasteiger partial charge in [-0.1, -0.05) is 24.3 Å². The molecule has 0 radical (unpaired) electrons. The van der Waals surface area contributed by atoms with Crippen molar-refractivity contribution in [3.63, 3.8) is 0 Å². The minimum absolute atomic E-state index is 0.224. The Hall–Kier alpha value is -2.73. The van der Waals surface area contributed by atoms with Gasteiger partial charge in [-0.3, -0.25) is 9.59 Å². The Morgan fingerprint density at radius 2 is 1.78 bits per heavy atom. The van der Waals surface area contributed by atoms with Gasteiger partial charge in [0.2, 0.25) is 0 Å². The summed E-state index contributed by atoms with van der Waals surface area (Å²) in [5.74, 6) is -0.614. The number of pyridine rings is 1. The molecule has 0 unspecified atom stereocenters. The monoisotopic (exact) mass is 325 g/mol. The number of aromatic nitrogens is 1. The zero-order valence-corrected chi connectivity index (χ0v) is 13.3. The molecule has 6 heteroatoms. The summed E-state index contributed by atoms with van der Waals surface area (Å²) < 4.78 is 1.19. The number of rotatable bonds is 4. The number of nitrogens with zero attached hydrogens (tertiary/aromatic N) is 1. The first-order chi connectivity index (χ1) is 11.2. The van der Waals surface area contributed by atoms with Gasteiger partial charge >= 0.3 is 0 Å². The van der Waals surface area contributed by atoms with Crippen molar-refractivity contribution in [2.24, 2.45) is 0 Å². The first-order valence-electron chi connectivity index (χ1n) is 7.12. The first-order valence-corrected chi connectivity index (χ1v) is 7.94. The molecule has 3 aromatic rings. The van der Waals surface area contributed by atoms with Crippen LogP contribution >= 0.6 is 11.3 Å². The van der Waals surface area contributed by atoms with Gasteiger partial charge in [0, 0.05) is 16.6 Å². The van der Waals surface area contributed by atoms with E-state index in [1.807, 2.05) is 18.2 Å². The molecule has 1 aromatic carbocycles. The van der Waals surface area contributed by atoms with Crippen molar-refractivity contribution in [2.75, 3.05) is 7.05 Å². The largest absolute Gasteiger partial charge is 0.354 e. The average molecular weight is 325 g/mol. The van der Waals surface area contributed by atoms with Crippen LogP contribution in [-0.2, 0) is 6.54 Å². The quantitative estimate of drug-likeness (QED) is 0.774. The Morgan fingerprint density at radius 1 is 1.04 bits per heavy atom. The highest BCUT2D eigenvalue weighted by Gasteiger charge is 2.11. The summed E-state index contributed by atoms with van der Waals surface area (Å²) in [6.07, 6.45) is 0. The first kappa shape index (κ1) is 15.2. The molecule has 0 fully saturated rings. The van der Waals surface area contributed by atoms with E-state index >= 15 is 0 Å². The van der Waals surface area contributed by atoms with E-state index in [1.54, 1.807) is 29.5 Å². The summed E-state index contributed by atoms with van der Waals surface area (Å²) >= 11 is 1.65. The smallest absolute Gasteiger partial charge is 0.270 e. The van der Waals surface area contributed by atoms with E-state index in [0.717, 1.165) is 4.88 Å². The molecule has 0 saturated heterocycles. The van der Waals surface area contributed by atoms with Gasteiger partial charge in [0.05, 0.1) is 6.54 Å². The van der Waals surface area contributed by atoms with Crippen molar-refractivity contribution in [1.29, 1.82) is 0 Å². The molecule has 0 aliphatic rings. The number of benzene rings is 1. The maximum atomic E-state index is 12.2. The number of carbonyl (C=O) groups excluding carboxylic acids is 2. The molecule has 5 nitrogen and oxygen atoms in total. The van der Waals surface area contributed by atoms with Crippen LogP contribution in [0.4, 0.5) is 0 Å². The van der Waals surface area contributed by atoms with Crippen molar-refractivity contribution >= 4 is 33.2 Å². The summed E-state index contributed by atoms with van der Waals surface area (Å²) in [7, 11) is 1.53. The van der Waals surface area contributed by atoms with Crippen molar-refractivity contribution < 1.29 is 9.59 Å². The summed E-state index contributed by atoms with van der Waals surface area (Å²) in [6.45, 7) is 0.435. The van der Waals surface area contributed by atoms with Crippen LogP contribution in [0.25, 0.3) is 10.1 Å². The molecule has 0 spiro atoms. The molecule has 23 heavy (non-hydrogen) atoms. The minimum atomic E-state index is -0.316. The molecule has 0 saturated carbocycles. The number of hydrogen-bond acceptors (Lipinski definition) is 4. The second-order valence-corrected chi connectivity index (χ2v) is 6.09. The van der Waals surface area contributed by atoms with Crippen LogP contribution in [0, 0.1) is 0 Å². The summed E-state index contributed by atoms with van der Waals surface area (Å²) in [6, 6.07) is 15.0. The molecule has 2 N–H and O–H groups in total. The molecule has 0 bridgehead atoms. The number of nitrogens with one attached hydrogen (secondary N) is 2. The maximum absolute atomic E-state index is 12.2. The van der Waals surface area contributed by atoms with Gasteiger partial charge in [0.15, 0.2) is 0 Å². The number of hydrogen-bond donors (Lipinski definition) is 2. The molecular formula is C17H15N3O2S. The fraction of sp³-hybridized carbons (Fsp3) is 0.118. The Bertz CT molecular complexity index is 840. The lowest BCUT2D eigenvalue weighted by molar-refractivity contribution is 0.0945. The van der Waals surface area contributed by atoms with Gasteiger partial charge in [-0.05, 0) is 29.7 Å². The third-order valence-electron chi connectivity index (χ3n) is 3.34. The molecular weight excluding hydrogens is 310 g/mol. The van der Waals surface area contributed by atoms with Gasteiger partial charge in [-0.25, -0.2) is 4.98 Å². The standard InChI is InChI=1S/C17H15N3O2S/c1-18-16(21)13-6-4-7-14(20-13)17(22)19-10-12-9-11-5-2-3-8-15(11)23-12/h2-9H,10H2,1H3,(H,18,21)(H,19,22). The predicted molar refractivity (Wildman–Crippen MR) is 90.6 cm³/mol. The van der Waals surface area contributed by atoms with Gasteiger partial charge in [-0.15, -0.1) is 11.3 Å². The molecule has 0 aliphatic heterocycles. The normalized spacial score (nSPS) is 10.5. The highest BCUT2D eigenvalue weighted by molar-refractivity contribution is 7.19. The van der Waals surface area contributed by atoms with Crippen LogP contribution in [0.5, 0.6) is 0 Å². The lowest BCUT2D eigenvalue weighted by Crippen LogP contribution is -2.25. The van der Waals surface area contributed by atoms with E-state index in [0.29, 0.717) is 6.54 Å². The van der Waals surface area contributed by atoms with E-state index in [2.05, 4.69) is 27.8 Å². The number of amides is 2. The lowest BCUT2D eigenvalue weighted by atomic mass is 10.2. The zero-order valence-electron chi connectivity index (χ0n) is 12.5. The Labute approximate surface area is 137 Å². The van der Waals surface area contributed by atoms with E-state index < -0.39 is 0 Å². The van der Waals surface area contributed by atoms with Crippen LogP contribution in [0.2, 0.25) is 0 Å². The van der Waals surface area contributed by atoms with Crippen molar-refractivity contribution in [3.05, 3.63) is 64.8 Å². The van der Waals surface area contributed by atoms with Crippen molar-refractivity contribution in [1.82, 2.24) is 15.6 Å². The van der Waals surface area contributed by atoms with Crippen molar-refractivity contribution in [3.8, 4) is 0 Å². The SMILES string of the molecule is CNC(=O)c1cccc(C(=O)NCc2cc3ccccc3s2)n1. The number of carbonyl (C=O) groups is 2. The molecule has 116 valence electrons. The molecule has 0 atom stereocenters. The zero-order chi connectivity index (χ0) is 16.2. The lowest BCUT2D eigenvalue weighted by Gasteiger charge is -2.04. The fourth-order valence-electron chi connectivity index (χ4n) is 2.20. The van der Waals surface area contributed by atoms with E-state index in [4.69, 9.17) is 0 Å². The molecule has 3 rings (SSSR count). The van der Waals surface area contributed by atoms with Gasteiger partial charge in [0.1, 0.15) is 11.4 Å². The van der Waals surface area contributed by atoms with E-state index in [9.17, 15) is 9.59 Å². The highest BCUT2D eigenvalue weighted by atomic mass is 32.1. The average Bonchev–Trinajstić information content (AvgIpc) is 3.02. The third-order valence-corrected chi connectivity index (χ3v) is 4.46.